The molecule has 34 heavy (non-hydrogen) atoms. The van der Waals surface area contributed by atoms with Crippen molar-refractivity contribution in [2.75, 3.05) is 11.9 Å². The first-order chi connectivity index (χ1) is 16.3. The lowest BCUT2D eigenvalue weighted by Gasteiger charge is -2.15. The molecule has 0 bridgehead atoms. The number of thiazole rings is 1. The number of alkyl halides is 3. The van der Waals surface area contributed by atoms with Crippen LogP contribution >= 0.6 is 11.3 Å². The van der Waals surface area contributed by atoms with Crippen LogP contribution in [0.15, 0.2) is 55.0 Å². The van der Waals surface area contributed by atoms with Crippen molar-refractivity contribution in [3.05, 3.63) is 66.1 Å². The van der Waals surface area contributed by atoms with Crippen LogP contribution in [0.5, 0.6) is 0 Å². The molecule has 12 heteroatoms. The number of anilines is 2. The van der Waals surface area contributed by atoms with E-state index in [1.54, 1.807) is 6.07 Å². The zero-order chi connectivity index (χ0) is 23.9. The number of nitrogens with zero attached hydrogens (tertiary/aromatic N) is 5. The second-order valence-electron chi connectivity index (χ2n) is 7.26. The molecule has 5 rings (SSSR count). The molecule has 0 saturated carbocycles. The maximum absolute atomic E-state index is 13.7. The quantitative estimate of drug-likeness (QED) is 0.334. The molecule has 0 aliphatic rings. The molecule has 4 heterocycles. The first kappa shape index (κ1) is 22.1. The van der Waals surface area contributed by atoms with E-state index in [0.29, 0.717) is 16.3 Å². The minimum atomic E-state index is -4.75. The van der Waals surface area contributed by atoms with Gasteiger partial charge in [-0.15, -0.1) is 0 Å². The van der Waals surface area contributed by atoms with Gasteiger partial charge >= 0.3 is 6.18 Å². The largest absolute Gasteiger partial charge is 0.418 e. The Kier molecular flexibility index (Phi) is 5.55. The Morgan fingerprint density at radius 3 is 2.62 bits per heavy atom. The van der Waals surface area contributed by atoms with Gasteiger partial charge in [0.2, 0.25) is 0 Å². The highest BCUT2D eigenvalue weighted by Gasteiger charge is 2.36. The molecule has 172 valence electrons. The number of hydrogen-bond acceptors (Lipinski definition) is 9. The molecule has 0 amide bonds. The van der Waals surface area contributed by atoms with Gasteiger partial charge in [-0.25, -0.2) is 19.9 Å². The summed E-state index contributed by atoms with van der Waals surface area (Å²) in [5.74, 6) is 0.411. The predicted molar refractivity (Wildman–Crippen MR) is 121 cm³/mol. The summed E-state index contributed by atoms with van der Waals surface area (Å²) in [6, 6.07) is 11.3. The molecular formula is C22H15F3N6O2S. The summed E-state index contributed by atoms with van der Waals surface area (Å²) in [7, 11) is 0. The van der Waals surface area contributed by atoms with Crippen molar-refractivity contribution in [1.29, 1.82) is 0 Å². The molecule has 4 aromatic heterocycles. The number of pyridine rings is 2. The van der Waals surface area contributed by atoms with Crippen molar-refractivity contribution in [2.24, 2.45) is 0 Å². The smallest absolute Gasteiger partial charge is 0.393 e. The fourth-order valence-electron chi connectivity index (χ4n) is 3.39. The van der Waals surface area contributed by atoms with Gasteiger partial charge in [-0.05, 0) is 30.3 Å². The Morgan fingerprint density at radius 2 is 1.85 bits per heavy atom. The van der Waals surface area contributed by atoms with Crippen LogP contribution in [0.3, 0.4) is 0 Å². The maximum Gasteiger partial charge on any atom is 0.418 e. The number of aliphatic hydroxyl groups is 2. The summed E-state index contributed by atoms with van der Waals surface area (Å²) >= 11 is 1.43. The number of halogens is 3. The van der Waals surface area contributed by atoms with Gasteiger partial charge in [0.15, 0.2) is 10.8 Å². The maximum atomic E-state index is 13.7. The number of hydrogen-bond donors (Lipinski definition) is 3. The van der Waals surface area contributed by atoms with E-state index in [1.807, 2.05) is 24.3 Å². The fourth-order valence-corrected chi connectivity index (χ4v) is 4.25. The van der Waals surface area contributed by atoms with Crippen LogP contribution in [0.2, 0.25) is 0 Å². The molecule has 8 nitrogen and oxygen atoms in total. The third kappa shape index (κ3) is 4.14. The van der Waals surface area contributed by atoms with Crippen molar-refractivity contribution in [3.63, 3.8) is 0 Å². The highest BCUT2D eigenvalue weighted by Crippen LogP contribution is 2.37. The Hall–Kier alpha value is -3.74. The second kappa shape index (κ2) is 8.56. The van der Waals surface area contributed by atoms with Gasteiger partial charge in [-0.3, -0.25) is 4.98 Å². The minimum Gasteiger partial charge on any atom is -0.393 e. The Labute approximate surface area is 193 Å². The molecule has 1 atom stereocenters. The predicted octanol–water partition coefficient (Wildman–Crippen LogP) is 4.48. The monoisotopic (exact) mass is 484 g/mol. The average Bonchev–Trinajstić information content (AvgIpc) is 3.25. The summed E-state index contributed by atoms with van der Waals surface area (Å²) in [6.07, 6.45) is -3.89. The van der Waals surface area contributed by atoms with Crippen LogP contribution in [0.25, 0.3) is 32.6 Å². The topological polar surface area (TPSA) is 117 Å². The third-order valence-corrected chi connectivity index (χ3v) is 5.98. The van der Waals surface area contributed by atoms with Crippen molar-refractivity contribution in [1.82, 2.24) is 24.9 Å². The van der Waals surface area contributed by atoms with E-state index in [2.05, 4.69) is 30.2 Å². The van der Waals surface area contributed by atoms with E-state index >= 15 is 0 Å². The van der Waals surface area contributed by atoms with Crippen LogP contribution in [-0.2, 0) is 6.18 Å². The number of aliphatic hydroxyl groups excluding tert-OH is 2. The molecule has 3 N–H and O–H groups in total. The van der Waals surface area contributed by atoms with Gasteiger partial charge in [0.05, 0.1) is 33.5 Å². The van der Waals surface area contributed by atoms with Crippen molar-refractivity contribution in [3.8, 4) is 11.4 Å². The summed E-state index contributed by atoms with van der Waals surface area (Å²) in [4.78, 5) is 21.0. The molecule has 0 spiro atoms. The van der Waals surface area contributed by atoms with Gasteiger partial charge in [-0.2, -0.15) is 13.2 Å². The molecule has 0 aliphatic carbocycles. The van der Waals surface area contributed by atoms with Gasteiger partial charge < -0.3 is 15.5 Å². The lowest BCUT2D eigenvalue weighted by atomic mass is 10.0. The van der Waals surface area contributed by atoms with Gasteiger partial charge in [0, 0.05) is 11.8 Å². The van der Waals surface area contributed by atoms with Gasteiger partial charge in [-0.1, -0.05) is 23.5 Å². The van der Waals surface area contributed by atoms with Crippen LogP contribution in [0.1, 0.15) is 17.2 Å². The lowest BCUT2D eigenvalue weighted by Crippen LogP contribution is -2.12. The lowest BCUT2D eigenvalue weighted by molar-refractivity contribution is -0.137. The molecule has 0 saturated heterocycles. The molecular weight excluding hydrogens is 469 g/mol. The highest BCUT2D eigenvalue weighted by atomic mass is 32.1. The summed E-state index contributed by atoms with van der Waals surface area (Å²) in [6.45, 7) is -0.728. The Morgan fingerprint density at radius 1 is 1.03 bits per heavy atom. The summed E-state index contributed by atoms with van der Waals surface area (Å²) in [5, 5.41) is 23.0. The van der Waals surface area contributed by atoms with E-state index in [1.165, 1.54) is 23.7 Å². The summed E-state index contributed by atoms with van der Waals surface area (Å²) in [5.41, 5.74) is -0.688. The SMILES string of the molecule is OC[C@H](O)c1cnc(-c2ccc3c(Nc4nc5ccccc5s4)ncnc3n2)c(C(F)(F)F)c1. The molecule has 0 aliphatic heterocycles. The number of nitrogens with one attached hydrogen (secondary N) is 1. The number of rotatable bonds is 5. The zero-order valence-corrected chi connectivity index (χ0v) is 18.0. The Bertz CT molecular complexity index is 1470. The van der Waals surface area contributed by atoms with E-state index in [4.69, 9.17) is 5.11 Å². The van der Waals surface area contributed by atoms with Gasteiger partial charge in [0.25, 0.3) is 0 Å². The van der Waals surface area contributed by atoms with Crippen molar-refractivity contribution in [2.45, 2.75) is 12.3 Å². The first-order valence-electron chi connectivity index (χ1n) is 9.94. The van der Waals surface area contributed by atoms with Crippen molar-refractivity contribution >= 4 is 43.5 Å². The molecule has 0 radical (unpaired) electrons. The second-order valence-corrected chi connectivity index (χ2v) is 8.29. The normalized spacial score (nSPS) is 12.9. The summed E-state index contributed by atoms with van der Waals surface area (Å²) < 4.78 is 42.2. The molecule has 5 aromatic rings. The van der Waals surface area contributed by atoms with Gasteiger partial charge in [0.1, 0.15) is 23.9 Å². The molecule has 1 aromatic carbocycles. The minimum absolute atomic E-state index is 0.0468. The number of para-hydroxylation sites is 1. The van der Waals surface area contributed by atoms with Crippen molar-refractivity contribution < 1.29 is 23.4 Å². The zero-order valence-electron chi connectivity index (χ0n) is 17.2. The fraction of sp³-hybridized carbons (Fsp3) is 0.136. The number of fused-ring (bicyclic) bond motifs is 2. The number of aromatic nitrogens is 5. The van der Waals surface area contributed by atoms with E-state index in [9.17, 15) is 18.3 Å². The van der Waals surface area contributed by atoms with E-state index < -0.39 is 30.1 Å². The van der Waals surface area contributed by atoms with Crippen LogP contribution in [-0.4, -0.2) is 41.7 Å². The number of benzene rings is 1. The molecule has 0 fully saturated rings. The molecule has 0 unspecified atom stereocenters. The standard InChI is InChI=1S/C22H15F3N6O2S/c23-22(24,25)13-7-11(16(33)9-32)8-26-18(13)15-6-5-12-19(29-15)27-10-28-20(12)31-21-30-14-3-1-2-4-17(14)34-21/h1-8,10,16,32-33H,9H2,(H,27,28,29,30,31)/t16-/m0/s1. The average molecular weight is 484 g/mol. The van der Waals surface area contributed by atoms with E-state index in [0.717, 1.165) is 22.5 Å². The first-order valence-corrected chi connectivity index (χ1v) is 10.8. The van der Waals surface area contributed by atoms with Crippen LogP contribution in [0.4, 0.5) is 24.1 Å². The van der Waals surface area contributed by atoms with Crippen LogP contribution in [0, 0.1) is 0 Å². The third-order valence-electron chi connectivity index (χ3n) is 5.03. The van der Waals surface area contributed by atoms with Crippen LogP contribution < -0.4 is 5.32 Å². The van der Waals surface area contributed by atoms with E-state index in [-0.39, 0.29) is 16.9 Å². The Balaban J connectivity index is 1.55. The highest BCUT2D eigenvalue weighted by molar-refractivity contribution is 7.22.